The van der Waals surface area contributed by atoms with Crippen molar-refractivity contribution in [2.45, 2.75) is 251 Å². The Morgan fingerprint density at radius 3 is 1.30 bits per heavy atom. The molecule has 0 aromatic rings. The molecule has 0 bridgehead atoms. The van der Waals surface area contributed by atoms with Gasteiger partial charge in [-0.2, -0.15) is 0 Å². The van der Waals surface area contributed by atoms with Gasteiger partial charge in [-0.15, -0.1) is 0 Å². The molecule has 0 amide bonds. The molecule has 0 aromatic carbocycles. The number of hydrogen-bond acceptors (Lipinski definition) is 7. The van der Waals surface area contributed by atoms with E-state index in [1.165, 1.54) is 186 Å². The van der Waals surface area contributed by atoms with Crippen molar-refractivity contribution in [3.8, 4) is 0 Å². The molecule has 0 fully saturated rings. The third-order valence-corrected chi connectivity index (χ3v) is 12.6. The molecular formula is C54H104NO7P. The summed E-state index contributed by atoms with van der Waals surface area (Å²) >= 11 is 0. The van der Waals surface area contributed by atoms with Crippen LogP contribution in [0.4, 0.5) is 0 Å². The van der Waals surface area contributed by atoms with E-state index in [1.807, 2.05) is 21.1 Å². The Morgan fingerprint density at radius 1 is 0.492 bits per heavy atom. The van der Waals surface area contributed by atoms with Gasteiger partial charge in [0.2, 0.25) is 0 Å². The molecule has 9 heteroatoms. The van der Waals surface area contributed by atoms with Crippen LogP contribution in [0.3, 0.4) is 0 Å². The van der Waals surface area contributed by atoms with Gasteiger partial charge in [0, 0.05) is 13.0 Å². The molecule has 2 atom stereocenters. The average Bonchev–Trinajstić information content (AvgIpc) is 3.24. The molecule has 0 aliphatic carbocycles. The first-order valence-electron chi connectivity index (χ1n) is 26.7. The van der Waals surface area contributed by atoms with Crippen LogP contribution in [0.15, 0.2) is 36.5 Å². The maximum absolute atomic E-state index is 12.7. The number of unbranched alkanes of at least 4 members (excludes halogenated alkanes) is 30. The summed E-state index contributed by atoms with van der Waals surface area (Å²) in [5.74, 6) is -0.336. The van der Waals surface area contributed by atoms with Crippen molar-refractivity contribution < 1.29 is 37.3 Å². The van der Waals surface area contributed by atoms with Crippen molar-refractivity contribution in [1.82, 2.24) is 0 Å². The van der Waals surface area contributed by atoms with E-state index in [0.29, 0.717) is 24.1 Å². The van der Waals surface area contributed by atoms with E-state index in [-0.39, 0.29) is 25.8 Å². The molecular weight excluding hydrogens is 806 g/mol. The number of phosphoric acid groups is 1. The maximum atomic E-state index is 12.7. The number of ether oxygens (including phenoxy) is 2. The zero-order chi connectivity index (χ0) is 46.2. The molecule has 0 aromatic heterocycles. The lowest BCUT2D eigenvalue weighted by Gasteiger charge is -2.28. The summed E-state index contributed by atoms with van der Waals surface area (Å²) in [6.07, 6.45) is 57.4. The summed E-state index contributed by atoms with van der Waals surface area (Å²) < 4.78 is 34.8. The Morgan fingerprint density at radius 2 is 0.873 bits per heavy atom. The Bertz CT molecular complexity index is 1100. The van der Waals surface area contributed by atoms with Crippen molar-refractivity contribution >= 4 is 13.8 Å². The Balaban J connectivity index is 4.09. The number of carbonyl (C=O) groups is 1. The molecule has 0 spiro atoms. The highest BCUT2D eigenvalue weighted by Crippen LogP contribution is 2.38. The second kappa shape index (κ2) is 47.2. The molecule has 2 unspecified atom stereocenters. The van der Waals surface area contributed by atoms with Gasteiger partial charge in [-0.25, -0.2) is 0 Å². The highest BCUT2D eigenvalue weighted by atomic mass is 31.2. The molecule has 8 nitrogen and oxygen atoms in total. The zero-order valence-electron chi connectivity index (χ0n) is 42.3. The molecule has 0 saturated heterocycles. The lowest BCUT2D eigenvalue weighted by atomic mass is 10.0. The van der Waals surface area contributed by atoms with E-state index in [4.69, 9.17) is 18.5 Å². The van der Waals surface area contributed by atoms with Crippen molar-refractivity contribution in [3.05, 3.63) is 36.5 Å². The molecule has 372 valence electrons. The minimum Gasteiger partial charge on any atom is -0.756 e. The monoisotopic (exact) mass is 910 g/mol. The van der Waals surface area contributed by atoms with E-state index in [1.54, 1.807) is 0 Å². The van der Waals surface area contributed by atoms with Crippen LogP contribution in [0.1, 0.15) is 245 Å². The van der Waals surface area contributed by atoms with Crippen LogP contribution in [0.2, 0.25) is 0 Å². The quantitative estimate of drug-likeness (QED) is 0.0197. The van der Waals surface area contributed by atoms with Gasteiger partial charge in [-0.05, 0) is 70.6 Å². The smallest absolute Gasteiger partial charge is 0.306 e. The molecule has 0 heterocycles. The number of phosphoric ester groups is 1. The van der Waals surface area contributed by atoms with E-state index >= 15 is 0 Å². The van der Waals surface area contributed by atoms with E-state index < -0.39 is 13.9 Å². The number of quaternary nitrogens is 1. The third-order valence-electron chi connectivity index (χ3n) is 11.7. The standard InChI is InChI=1S/C54H104NO7P/c1-6-8-10-12-14-16-18-20-22-24-25-26-27-28-29-30-32-34-36-38-40-42-44-46-49-59-51-53(52-61-63(57,58)60-50-48-55(3,4)5)62-54(56)47-45-43-41-39-37-35-33-31-23-21-19-17-15-13-11-9-7-2/h18,20-21,23-25,53H,6-17,19,22,26-52H2,1-5H3/b20-18-,23-21-,25-24-. The zero-order valence-corrected chi connectivity index (χ0v) is 43.2. The van der Waals surface area contributed by atoms with Crippen molar-refractivity contribution in [2.75, 3.05) is 54.1 Å². The largest absolute Gasteiger partial charge is 0.756 e. The summed E-state index contributed by atoms with van der Waals surface area (Å²) in [4.78, 5) is 25.2. The predicted molar refractivity (Wildman–Crippen MR) is 268 cm³/mol. The maximum Gasteiger partial charge on any atom is 0.306 e. The van der Waals surface area contributed by atoms with Gasteiger partial charge in [0.25, 0.3) is 7.82 Å². The average molecular weight is 910 g/mol. The van der Waals surface area contributed by atoms with Gasteiger partial charge in [0.15, 0.2) is 0 Å². The van der Waals surface area contributed by atoms with Gasteiger partial charge in [-0.1, -0.05) is 204 Å². The van der Waals surface area contributed by atoms with Crippen molar-refractivity contribution in [3.63, 3.8) is 0 Å². The summed E-state index contributed by atoms with van der Waals surface area (Å²) in [5.41, 5.74) is 0. The van der Waals surface area contributed by atoms with Gasteiger partial charge in [-0.3, -0.25) is 9.36 Å². The van der Waals surface area contributed by atoms with E-state index in [0.717, 1.165) is 38.5 Å². The number of carbonyl (C=O) groups excluding carboxylic acids is 1. The summed E-state index contributed by atoms with van der Waals surface area (Å²) in [6.45, 7) is 5.43. The van der Waals surface area contributed by atoms with Crippen LogP contribution in [0, 0.1) is 0 Å². The Kier molecular flexibility index (Phi) is 46.3. The molecule has 63 heavy (non-hydrogen) atoms. The van der Waals surface area contributed by atoms with Gasteiger partial charge in [0.1, 0.15) is 19.3 Å². The lowest BCUT2D eigenvalue weighted by Crippen LogP contribution is -2.37. The molecule has 0 aliphatic heterocycles. The second-order valence-corrected chi connectivity index (χ2v) is 20.6. The summed E-state index contributed by atoms with van der Waals surface area (Å²) in [5, 5.41) is 0. The van der Waals surface area contributed by atoms with Crippen LogP contribution < -0.4 is 4.89 Å². The van der Waals surface area contributed by atoms with E-state index in [9.17, 15) is 14.3 Å². The molecule has 0 saturated carbocycles. The summed E-state index contributed by atoms with van der Waals surface area (Å²) in [6, 6.07) is 0. The van der Waals surface area contributed by atoms with Crippen LogP contribution in [-0.4, -0.2) is 70.7 Å². The highest BCUT2D eigenvalue weighted by molar-refractivity contribution is 7.45. The fourth-order valence-electron chi connectivity index (χ4n) is 7.51. The molecule has 0 aliphatic rings. The van der Waals surface area contributed by atoms with Gasteiger partial charge >= 0.3 is 5.97 Å². The number of nitrogens with zero attached hydrogens (tertiary/aromatic N) is 1. The van der Waals surface area contributed by atoms with Gasteiger partial charge < -0.3 is 27.9 Å². The topological polar surface area (TPSA) is 94.1 Å². The fraction of sp³-hybridized carbons (Fsp3) is 0.870. The number of likely N-dealkylation sites (N-methyl/N-ethyl adjacent to an activating group) is 1. The van der Waals surface area contributed by atoms with Crippen LogP contribution >= 0.6 is 7.82 Å². The second-order valence-electron chi connectivity index (χ2n) is 19.2. The number of allylic oxidation sites excluding steroid dienone is 6. The molecule has 0 radical (unpaired) electrons. The SMILES string of the molecule is CCCCCCC/C=C\C/C=C\CCCCCCCCCCCCCCOCC(COP(=O)([O-])OCC[N+](C)(C)C)OC(=O)CCCCCCCCC/C=C\CCCCCCCC. The number of hydrogen-bond donors (Lipinski definition) is 0. The van der Waals surface area contributed by atoms with Crippen LogP contribution in [-0.2, 0) is 27.9 Å². The first kappa shape index (κ1) is 61.7. The molecule has 0 N–H and O–H groups in total. The first-order chi connectivity index (χ1) is 30.6. The Labute approximate surface area is 391 Å². The minimum absolute atomic E-state index is 0.0257. The normalized spacial score (nSPS) is 13.8. The first-order valence-corrected chi connectivity index (χ1v) is 28.2. The Hall–Kier alpha value is -1.28. The lowest BCUT2D eigenvalue weighted by molar-refractivity contribution is -0.870. The van der Waals surface area contributed by atoms with Gasteiger partial charge in [0.05, 0.1) is 34.4 Å². The fourth-order valence-corrected chi connectivity index (χ4v) is 8.24. The van der Waals surface area contributed by atoms with Crippen LogP contribution in [0.25, 0.3) is 0 Å². The van der Waals surface area contributed by atoms with E-state index in [2.05, 4.69) is 50.3 Å². The number of esters is 1. The number of rotatable bonds is 50. The van der Waals surface area contributed by atoms with Crippen molar-refractivity contribution in [2.24, 2.45) is 0 Å². The minimum atomic E-state index is -4.53. The van der Waals surface area contributed by atoms with Crippen LogP contribution in [0.5, 0.6) is 0 Å². The highest BCUT2D eigenvalue weighted by Gasteiger charge is 2.20. The van der Waals surface area contributed by atoms with Crippen molar-refractivity contribution in [1.29, 1.82) is 0 Å². The predicted octanol–water partition coefficient (Wildman–Crippen LogP) is 15.9. The summed E-state index contributed by atoms with van der Waals surface area (Å²) in [7, 11) is 1.36. The third kappa shape index (κ3) is 51.6. The molecule has 0 rings (SSSR count).